The lowest BCUT2D eigenvalue weighted by Crippen LogP contribution is -2.16. The summed E-state index contributed by atoms with van der Waals surface area (Å²) in [6.07, 6.45) is 1.03. The monoisotopic (exact) mass is 267 g/mol. The van der Waals surface area contributed by atoms with E-state index in [-0.39, 0.29) is 11.4 Å². The number of aromatic amines is 1. The summed E-state index contributed by atoms with van der Waals surface area (Å²) in [5, 5.41) is 10.9. The molecule has 0 bridgehead atoms. The maximum absolute atomic E-state index is 12.9. The van der Waals surface area contributed by atoms with Gasteiger partial charge in [0.15, 0.2) is 11.4 Å². The van der Waals surface area contributed by atoms with Gasteiger partial charge in [0.2, 0.25) is 0 Å². The van der Waals surface area contributed by atoms with Crippen LogP contribution >= 0.6 is 0 Å². The van der Waals surface area contributed by atoms with E-state index in [9.17, 15) is 18.4 Å². The van der Waals surface area contributed by atoms with Gasteiger partial charge in [0.05, 0.1) is 6.33 Å². The average Bonchev–Trinajstić information content (AvgIpc) is 2.75. The van der Waals surface area contributed by atoms with Gasteiger partial charge >= 0.3 is 5.97 Å². The third-order valence-corrected chi connectivity index (χ3v) is 2.19. The van der Waals surface area contributed by atoms with Crippen LogP contribution < -0.4 is 5.32 Å². The van der Waals surface area contributed by atoms with Crippen LogP contribution in [0.4, 0.5) is 14.5 Å². The maximum Gasteiger partial charge on any atom is 0.354 e. The Kier molecular flexibility index (Phi) is 3.23. The Morgan fingerprint density at radius 2 is 1.84 bits per heavy atom. The van der Waals surface area contributed by atoms with E-state index in [4.69, 9.17) is 5.11 Å². The molecule has 8 heteroatoms. The molecule has 1 heterocycles. The number of aromatic carboxylic acids is 1. The van der Waals surface area contributed by atoms with Gasteiger partial charge in [-0.2, -0.15) is 0 Å². The lowest BCUT2D eigenvalue weighted by Gasteiger charge is -2.04. The van der Waals surface area contributed by atoms with Crippen molar-refractivity contribution in [1.29, 1.82) is 0 Å². The number of carbonyl (C=O) groups is 2. The van der Waals surface area contributed by atoms with Crippen molar-refractivity contribution in [3.63, 3.8) is 0 Å². The Labute approximate surface area is 105 Å². The van der Waals surface area contributed by atoms with Crippen LogP contribution in [-0.2, 0) is 0 Å². The van der Waals surface area contributed by atoms with Gasteiger partial charge in [0.1, 0.15) is 11.6 Å². The van der Waals surface area contributed by atoms with Crippen LogP contribution in [-0.4, -0.2) is 27.0 Å². The zero-order chi connectivity index (χ0) is 14.0. The predicted octanol–water partition coefficient (Wildman–Crippen LogP) is 1.64. The van der Waals surface area contributed by atoms with Gasteiger partial charge in [-0.15, -0.1) is 0 Å². The van der Waals surface area contributed by atoms with E-state index in [0.29, 0.717) is 6.07 Å². The third kappa shape index (κ3) is 2.73. The third-order valence-electron chi connectivity index (χ3n) is 2.19. The first-order chi connectivity index (χ1) is 8.97. The summed E-state index contributed by atoms with van der Waals surface area (Å²) in [7, 11) is 0. The minimum Gasteiger partial charge on any atom is -0.477 e. The molecule has 3 N–H and O–H groups in total. The standard InChI is InChI=1S/C11H7F2N3O3/c12-5-1-6(13)3-7(2-5)16-10(17)8-9(11(18)19)15-4-14-8/h1-4H,(H,14,15)(H,16,17)(H,18,19). The molecule has 1 aromatic heterocycles. The van der Waals surface area contributed by atoms with Gasteiger partial charge in [-0.1, -0.05) is 0 Å². The van der Waals surface area contributed by atoms with Crippen LogP contribution in [0, 0.1) is 11.6 Å². The highest BCUT2D eigenvalue weighted by atomic mass is 19.1. The molecule has 0 aliphatic rings. The number of H-pyrrole nitrogens is 1. The zero-order valence-corrected chi connectivity index (χ0v) is 9.28. The van der Waals surface area contributed by atoms with Crippen molar-refractivity contribution in [2.75, 3.05) is 5.32 Å². The second-order valence-corrected chi connectivity index (χ2v) is 3.54. The summed E-state index contributed by atoms with van der Waals surface area (Å²) in [5.74, 6) is -3.98. The number of hydrogen-bond donors (Lipinski definition) is 3. The van der Waals surface area contributed by atoms with Crippen LogP contribution in [0.1, 0.15) is 21.0 Å². The van der Waals surface area contributed by atoms with Crippen molar-refractivity contribution >= 4 is 17.6 Å². The first kappa shape index (κ1) is 12.7. The fourth-order valence-electron chi connectivity index (χ4n) is 1.45. The van der Waals surface area contributed by atoms with Gasteiger partial charge in [-0.25, -0.2) is 18.6 Å². The van der Waals surface area contributed by atoms with Crippen LogP contribution in [0.5, 0.6) is 0 Å². The number of nitrogens with zero attached hydrogens (tertiary/aromatic N) is 1. The molecule has 0 spiro atoms. The first-order valence-corrected chi connectivity index (χ1v) is 5.01. The Bertz CT molecular complexity index is 634. The SMILES string of the molecule is O=C(Nc1cc(F)cc(F)c1)c1nc[nH]c1C(=O)O. The van der Waals surface area contributed by atoms with Crippen molar-refractivity contribution in [2.45, 2.75) is 0 Å². The summed E-state index contributed by atoms with van der Waals surface area (Å²) >= 11 is 0. The number of aromatic nitrogens is 2. The lowest BCUT2D eigenvalue weighted by molar-refractivity contribution is 0.0686. The van der Waals surface area contributed by atoms with Crippen molar-refractivity contribution in [1.82, 2.24) is 9.97 Å². The molecule has 0 saturated carbocycles. The molecule has 98 valence electrons. The number of anilines is 1. The van der Waals surface area contributed by atoms with E-state index in [0.717, 1.165) is 18.5 Å². The number of hydrogen-bond acceptors (Lipinski definition) is 3. The van der Waals surface area contributed by atoms with Crippen molar-refractivity contribution in [3.8, 4) is 0 Å². The quantitative estimate of drug-likeness (QED) is 0.787. The van der Waals surface area contributed by atoms with Gasteiger partial charge in [-0.3, -0.25) is 4.79 Å². The summed E-state index contributed by atoms with van der Waals surface area (Å²) in [6.45, 7) is 0. The highest BCUT2D eigenvalue weighted by Crippen LogP contribution is 2.14. The average molecular weight is 267 g/mol. The molecule has 1 aromatic carbocycles. The van der Waals surface area contributed by atoms with E-state index in [1.165, 1.54) is 0 Å². The summed E-state index contributed by atoms with van der Waals surface area (Å²) in [4.78, 5) is 28.3. The molecule has 0 saturated heterocycles. The molecule has 0 radical (unpaired) electrons. The zero-order valence-electron chi connectivity index (χ0n) is 9.28. The molecule has 2 rings (SSSR count). The number of nitrogens with one attached hydrogen (secondary N) is 2. The van der Waals surface area contributed by atoms with Gasteiger partial charge < -0.3 is 15.4 Å². The highest BCUT2D eigenvalue weighted by Gasteiger charge is 2.20. The fourth-order valence-corrected chi connectivity index (χ4v) is 1.45. The number of rotatable bonds is 3. The van der Waals surface area contributed by atoms with Crippen LogP contribution in [0.2, 0.25) is 0 Å². The number of imidazole rings is 1. The van der Waals surface area contributed by atoms with Crippen LogP contribution in [0.25, 0.3) is 0 Å². The molecular weight excluding hydrogens is 260 g/mol. The fraction of sp³-hybridized carbons (Fsp3) is 0. The topological polar surface area (TPSA) is 95.1 Å². The maximum atomic E-state index is 12.9. The molecule has 1 amide bonds. The van der Waals surface area contributed by atoms with Crippen molar-refractivity contribution < 1.29 is 23.5 Å². The second-order valence-electron chi connectivity index (χ2n) is 3.54. The van der Waals surface area contributed by atoms with Crippen LogP contribution in [0.3, 0.4) is 0 Å². The first-order valence-electron chi connectivity index (χ1n) is 5.01. The number of carbonyl (C=O) groups excluding carboxylic acids is 1. The summed E-state index contributed by atoms with van der Waals surface area (Å²) in [6, 6.07) is 2.44. The Balaban J connectivity index is 2.25. The number of carboxylic acid groups (broad SMARTS) is 1. The largest absolute Gasteiger partial charge is 0.477 e. The molecule has 0 aliphatic heterocycles. The van der Waals surface area contributed by atoms with Crippen molar-refractivity contribution in [2.24, 2.45) is 0 Å². The lowest BCUT2D eigenvalue weighted by atomic mass is 10.2. The van der Waals surface area contributed by atoms with Gasteiger partial charge in [-0.05, 0) is 12.1 Å². The van der Waals surface area contributed by atoms with Crippen LogP contribution in [0.15, 0.2) is 24.5 Å². The van der Waals surface area contributed by atoms with Gasteiger partial charge in [0.25, 0.3) is 5.91 Å². The molecule has 0 atom stereocenters. The molecule has 0 unspecified atom stereocenters. The smallest absolute Gasteiger partial charge is 0.354 e. The normalized spacial score (nSPS) is 10.2. The van der Waals surface area contributed by atoms with E-state index in [1.54, 1.807) is 0 Å². The Morgan fingerprint density at radius 3 is 2.42 bits per heavy atom. The van der Waals surface area contributed by atoms with E-state index >= 15 is 0 Å². The molecule has 0 fully saturated rings. The molecule has 6 nitrogen and oxygen atoms in total. The number of halogens is 2. The van der Waals surface area contributed by atoms with E-state index < -0.39 is 29.2 Å². The van der Waals surface area contributed by atoms with Gasteiger partial charge in [0, 0.05) is 11.8 Å². The minimum atomic E-state index is -1.37. The molecule has 2 aromatic rings. The van der Waals surface area contributed by atoms with Crippen molar-refractivity contribution in [3.05, 3.63) is 47.5 Å². The number of benzene rings is 1. The Hall–Kier alpha value is -2.77. The summed E-state index contributed by atoms with van der Waals surface area (Å²) < 4.78 is 25.8. The Morgan fingerprint density at radius 1 is 1.21 bits per heavy atom. The second kappa shape index (κ2) is 4.84. The number of carboxylic acids is 1. The molecular formula is C11H7F2N3O3. The summed E-state index contributed by atoms with van der Waals surface area (Å²) in [5.41, 5.74) is -0.923. The van der Waals surface area contributed by atoms with E-state index in [2.05, 4.69) is 15.3 Å². The highest BCUT2D eigenvalue weighted by molar-refractivity contribution is 6.08. The minimum absolute atomic E-state index is 0.137. The molecule has 0 aliphatic carbocycles. The number of amides is 1. The molecule has 19 heavy (non-hydrogen) atoms. The van der Waals surface area contributed by atoms with E-state index in [1.807, 2.05) is 0 Å². The predicted molar refractivity (Wildman–Crippen MR) is 59.9 cm³/mol.